The van der Waals surface area contributed by atoms with Crippen molar-refractivity contribution in [3.63, 3.8) is 0 Å². The second-order valence-electron chi connectivity index (χ2n) is 0.476. The van der Waals surface area contributed by atoms with Crippen molar-refractivity contribution in [1.82, 2.24) is 4.72 Å². The minimum absolute atomic E-state index is 0. The van der Waals surface area contributed by atoms with Gasteiger partial charge in [-0.25, -0.2) is 4.79 Å². The Morgan fingerprint density at radius 3 is 2.00 bits per heavy atom. The molecular formula is CH4HgN2OS. The molecule has 0 bridgehead atoms. The Morgan fingerprint density at radius 2 is 2.00 bits per heavy atom. The molecule has 0 radical (unpaired) electrons. The molecule has 6 heavy (non-hydrogen) atoms. The zero-order chi connectivity index (χ0) is 4.28. The Balaban J connectivity index is 0. The maximum atomic E-state index is 9.40. The largest absolute Gasteiger partial charge is 0.351 e. The summed E-state index contributed by atoms with van der Waals surface area (Å²) in [5.41, 5.74) is 4.47. The summed E-state index contributed by atoms with van der Waals surface area (Å²) in [6, 6.07) is -0.631. The van der Waals surface area contributed by atoms with Crippen LogP contribution in [0.1, 0.15) is 0 Å². The molecule has 32 valence electrons. The molecule has 0 aliphatic rings. The van der Waals surface area contributed by atoms with E-state index >= 15 is 0 Å². The number of primary amides is 1. The number of nitrogens with two attached hydrogens (primary N) is 1. The van der Waals surface area contributed by atoms with Crippen LogP contribution in [0.2, 0.25) is 0 Å². The van der Waals surface area contributed by atoms with Gasteiger partial charge in [0.15, 0.2) is 0 Å². The van der Waals surface area contributed by atoms with Crippen LogP contribution < -0.4 is 10.5 Å². The summed E-state index contributed by atoms with van der Waals surface area (Å²) >= 11 is 3.29. The van der Waals surface area contributed by atoms with E-state index in [0.717, 1.165) is 0 Å². The van der Waals surface area contributed by atoms with Gasteiger partial charge in [0, 0.05) is 27.7 Å². The Hall–Kier alpha value is 0.555. The van der Waals surface area contributed by atoms with Crippen molar-refractivity contribution in [2.24, 2.45) is 5.73 Å². The van der Waals surface area contributed by atoms with Crippen molar-refractivity contribution >= 4 is 18.8 Å². The van der Waals surface area contributed by atoms with E-state index in [1.54, 1.807) is 0 Å². The SMILES string of the molecule is NC(=O)NS.[Hg]. The van der Waals surface area contributed by atoms with Crippen LogP contribution >= 0.6 is 12.8 Å². The van der Waals surface area contributed by atoms with Crippen molar-refractivity contribution in [1.29, 1.82) is 0 Å². The molecule has 0 atom stereocenters. The van der Waals surface area contributed by atoms with Crippen LogP contribution in [0.25, 0.3) is 0 Å². The number of carbonyl (C=O) groups is 1. The summed E-state index contributed by atoms with van der Waals surface area (Å²) in [6.07, 6.45) is 0. The summed E-state index contributed by atoms with van der Waals surface area (Å²) in [5.74, 6) is 0. The predicted molar refractivity (Wildman–Crippen MR) is 21.7 cm³/mol. The van der Waals surface area contributed by atoms with Crippen molar-refractivity contribution in [3.05, 3.63) is 0 Å². The number of nitrogens with one attached hydrogen (secondary N) is 1. The van der Waals surface area contributed by atoms with E-state index in [9.17, 15) is 4.79 Å². The maximum Gasteiger partial charge on any atom is 0.321 e. The van der Waals surface area contributed by atoms with Crippen LogP contribution in [0.3, 0.4) is 0 Å². The zero-order valence-electron chi connectivity index (χ0n) is 3.14. The smallest absolute Gasteiger partial charge is 0.321 e. The molecule has 0 fully saturated rings. The van der Waals surface area contributed by atoms with Gasteiger partial charge in [-0.05, 0) is 0 Å². The number of carbonyl (C=O) groups excluding carboxylic acids is 1. The molecule has 0 aliphatic heterocycles. The van der Waals surface area contributed by atoms with Gasteiger partial charge < -0.3 is 5.73 Å². The molecule has 3 N–H and O–H groups in total. The van der Waals surface area contributed by atoms with E-state index in [4.69, 9.17) is 0 Å². The van der Waals surface area contributed by atoms with Crippen molar-refractivity contribution in [2.75, 3.05) is 0 Å². The van der Waals surface area contributed by atoms with Gasteiger partial charge in [-0.1, -0.05) is 12.8 Å². The van der Waals surface area contributed by atoms with E-state index in [-0.39, 0.29) is 27.7 Å². The molecule has 0 aromatic heterocycles. The first-order chi connectivity index (χ1) is 2.27. The van der Waals surface area contributed by atoms with Gasteiger partial charge in [0.25, 0.3) is 0 Å². The molecule has 0 aromatic carbocycles. The molecule has 0 aromatic rings. The average molecular weight is 293 g/mol. The quantitative estimate of drug-likeness (QED) is 0.409. The number of amides is 2. The monoisotopic (exact) mass is 294 g/mol. The third-order valence-corrected chi connectivity index (χ3v) is 0.331. The number of thiol groups is 1. The fourth-order valence-electron chi connectivity index (χ4n) is 0. The van der Waals surface area contributed by atoms with Crippen LogP contribution in [0.5, 0.6) is 0 Å². The van der Waals surface area contributed by atoms with Gasteiger partial charge in [-0.2, -0.15) is 0 Å². The van der Waals surface area contributed by atoms with Crippen molar-refractivity contribution in [2.45, 2.75) is 0 Å². The number of rotatable bonds is 0. The Labute approximate surface area is 61.7 Å². The van der Waals surface area contributed by atoms with E-state index < -0.39 is 6.03 Å². The zero-order valence-corrected chi connectivity index (χ0v) is 9.53. The summed E-state index contributed by atoms with van der Waals surface area (Å²) in [6.45, 7) is 0. The second kappa shape index (κ2) is 5.56. The van der Waals surface area contributed by atoms with Crippen LogP contribution in [-0.2, 0) is 27.7 Å². The molecule has 0 saturated carbocycles. The Bertz CT molecular complexity index is 48.8. The first-order valence-corrected chi connectivity index (χ1v) is 1.41. The van der Waals surface area contributed by atoms with Crippen LogP contribution in [0, 0.1) is 0 Å². The molecule has 5 heteroatoms. The summed E-state index contributed by atoms with van der Waals surface area (Å²) < 4.78 is 1.86. The minimum atomic E-state index is -0.631. The van der Waals surface area contributed by atoms with E-state index in [1.165, 1.54) is 0 Å². The van der Waals surface area contributed by atoms with Gasteiger partial charge in [-0.3, -0.25) is 4.72 Å². The summed E-state index contributed by atoms with van der Waals surface area (Å²) in [7, 11) is 0. The first-order valence-electron chi connectivity index (χ1n) is 0.966. The summed E-state index contributed by atoms with van der Waals surface area (Å²) in [4.78, 5) is 9.40. The molecule has 0 unspecified atom stereocenters. The van der Waals surface area contributed by atoms with Gasteiger partial charge in [0.2, 0.25) is 0 Å². The third-order valence-electron chi connectivity index (χ3n) is 0.110. The third kappa shape index (κ3) is 8.82. The minimum Gasteiger partial charge on any atom is -0.351 e. The molecule has 2 amide bonds. The van der Waals surface area contributed by atoms with Crippen LogP contribution in [0.4, 0.5) is 4.79 Å². The molecule has 3 nitrogen and oxygen atoms in total. The topological polar surface area (TPSA) is 55.1 Å². The van der Waals surface area contributed by atoms with Crippen LogP contribution in [0.15, 0.2) is 0 Å². The van der Waals surface area contributed by atoms with Gasteiger partial charge in [0.1, 0.15) is 0 Å². The van der Waals surface area contributed by atoms with Crippen LogP contribution in [-0.4, -0.2) is 6.03 Å². The molecular weight excluding hydrogens is 289 g/mol. The fourth-order valence-corrected chi connectivity index (χ4v) is 0. The fraction of sp³-hybridized carbons (Fsp3) is 0. The molecule has 0 rings (SSSR count). The van der Waals surface area contributed by atoms with E-state index in [1.807, 2.05) is 4.72 Å². The number of urea groups is 1. The number of hydrogen-bond acceptors (Lipinski definition) is 2. The molecule has 0 saturated heterocycles. The van der Waals surface area contributed by atoms with Crippen molar-refractivity contribution in [3.8, 4) is 0 Å². The van der Waals surface area contributed by atoms with Gasteiger partial charge >= 0.3 is 6.03 Å². The van der Waals surface area contributed by atoms with Gasteiger partial charge in [-0.15, -0.1) is 0 Å². The first kappa shape index (κ1) is 9.75. The van der Waals surface area contributed by atoms with Crippen molar-refractivity contribution < 1.29 is 32.5 Å². The van der Waals surface area contributed by atoms with E-state index in [0.29, 0.717) is 0 Å². The van der Waals surface area contributed by atoms with Gasteiger partial charge in [0.05, 0.1) is 0 Å². The average Bonchev–Trinajstić information content (AvgIpc) is 1.38. The molecule has 0 spiro atoms. The standard InChI is InChI=1S/CH4N2OS.Hg/c2-1(4)3-5;/h5H,(H3,2,3,4);. The predicted octanol–water partition coefficient (Wildman–Crippen LogP) is -0.503. The number of hydrogen-bond donors (Lipinski definition) is 3. The normalized spacial score (nSPS) is 5.50. The van der Waals surface area contributed by atoms with E-state index in [2.05, 4.69) is 18.5 Å². The molecule has 0 aliphatic carbocycles. The summed E-state index contributed by atoms with van der Waals surface area (Å²) in [5, 5.41) is 0. The Kier molecular flexibility index (Phi) is 9.03. The maximum absolute atomic E-state index is 9.40. The molecule has 0 heterocycles. The Morgan fingerprint density at radius 1 is 1.83 bits per heavy atom. The second-order valence-corrected chi connectivity index (χ2v) is 0.700.